The zero-order valence-electron chi connectivity index (χ0n) is 20.5. The molecule has 9 nitrogen and oxygen atoms in total. The minimum Gasteiger partial charge on any atom is -0.493 e. The van der Waals surface area contributed by atoms with Crippen molar-refractivity contribution in [2.24, 2.45) is 5.10 Å². The average molecular weight is 622 g/mol. The molecular formula is C26H23BrCl2N4O5. The molecule has 3 aromatic rings. The number of nitrogens with zero attached hydrogens (tertiary/aromatic N) is 1. The monoisotopic (exact) mass is 620 g/mol. The fourth-order valence-corrected chi connectivity index (χ4v) is 4.20. The number of benzene rings is 3. The van der Waals surface area contributed by atoms with Crippen LogP contribution in [0.2, 0.25) is 10.0 Å². The molecule has 0 aliphatic carbocycles. The first-order valence-electron chi connectivity index (χ1n) is 11.1. The molecule has 0 saturated heterocycles. The number of amides is 3. The first-order valence-corrected chi connectivity index (χ1v) is 12.6. The predicted molar refractivity (Wildman–Crippen MR) is 152 cm³/mol. The largest absolute Gasteiger partial charge is 0.493 e. The Bertz CT molecular complexity index is 1390. The van der Waals surface area contributed by atoms with Gasteiger partial charge in [-0.15, -0.1) is 0 Å². The summed E-state index contributed by atoms with van der Waals surface area (Å²) in [6.45, 7) is 3.33. The molecule has 3 rings (SSSR count). The van der Waals surface area contributed by atoms with Gasteiger partial charge in [0.15, 0.2) is 18.1 Å². The van der Waals surface area contributed by atoms with Gasteiger partial charge in [0.1, 0.15) is 0 Å². The second-order valence-electron chi connectivity index (χ2n) is 7.89. The number of para-hydroxylation sites is 1. The van der Waals surface area contributed by atoms with E-state index in [-0.39, 0.29) is 17.4 Å². The van der Waals surface area contributed by atoms with Crippen molar-refractivity contribution in [3.05, 3.63) is 79.7 Å². The van der Waals surface area contributed by atoms with E-state index in [1.54, 1.807) is 30.3 Å². The van der Waals surface area contributed by atoms with Crippen molar-refractivity contribution in [3.63, 3.8) is 0 Å². The van der Waals surface area contributed by atoms with Crippen LogP contribution in [0.15, 0.2) is 58.1 Å². The number of halogens is 3. The number of anilines is 2. The Balaban J connectivity index is 1.61. The Kier molecular flexibility index (Phi) is 10.1. The van der Waals surface area contributed by atoms with Gasteiger partial charge in [-0.05, 0) is 70.7 Å². The topological polar surface area (TPSA) is 118 Å². The van der Waals surface area contributed by atoms with E-state index >= 15 is 0 Å². The minimum atomic E-state index is -0.930. The van der Waals surface area contributed by atoms with Gasteiger partial charge in [0.2, 0.25) is 0 Å². The third kappa shape index (κ3) is 7.47. The molecule has 38 heavy (non-hydrogen) atoms. The van der Waals surface area contributed by atoms with Crippen molar-refractivity contribution < 1.29 is 23.9 Å². The van der Waals surface area contributed by atoms with Crippen LogP contribution in [0.4, 0.5) is 11.4 Å². The molecule has 0 aromatic heterocycles. The van der Waals surface area contributed by atoms with E-state index in [2.05, 4.69) is 37.1 Å². The van der Waals surface area contributed by atoms with Crippen molar-refractivity contribution in [3.8, 4) is 11.5 Å². The van der Waals surface area contributed by atoms with Crippen LogP contribution in [0.3, 0.4) is 0 Å². The third-order valence-corrected chi connectivity index (χ3v) is 6.54. The van der Waals surface area contributed by atoms with Gasteiger partial charge >= 0.3 is 11.8 Å². The number of methoxy groups -OCH3 is 1. The number of hydrogen-bond donors (Lipinski definition) is 3. The van der Waals surface area contributed by atoms with Crippen LogP contribution < -0.4 is 25.5 Å². The Morgan fingerprint density at radius 3 is 2.37 bits per heavy atom. The van der Waals surface area contributed by atoms with E-state index in [1.165, 1.54) is 13.3 Å². The number of ether oxygens (including phenoxy) is 2. The van der Waals surface area contributed by atoms with E-state index in [1.807, 2.05) is 32.0 Å². The summed E-state index contributed by atoms with van der Waals surface area (Å²) in [7, 11) is 1.43. The highest BCUT2D eigenvalue weighted by molar-refractivity contribution is 9.10. The maximum atomic E-state index is 12.4. The lowest BCUT2D eigenvalue weighted by Crippen LogP contribution is -2.32. The Hall–Kier alpha value is -3.60. The van der Waals surface area contributed by atoms with Gasteiger partial charge in [0.05, 0.1) is 33.5 Å². The maximum absolute atomic E-state index is 12.4. The summed E-state index contributed by atoms with van der Waals surface area (Å²) in [5, 5.41) is 9.59. The molecule has 0 saturated carbocycles. The summed E-state index contributed by atoms with van der Waals surface area (Å²) in [5.41, 5.74) is 5.31. The van der Waals surface area contributed by atoms with Crippen LogP contribution in [0.25, 0.3) is 0 Å². The Labute approximate surface area is 237 Å². The van der Waals surface area contributed by atoms with Gasteiger partial charge < -0.3 is 20.1 Å². The molecule has 3 N–H and O–H groups in total. The average Bonchev–Trinajstić information content (AvgIpc) is 2.87. The molecular weight excluding hydrogens is 599 g/mol. The second kappa shape index (κ2) is 13.3. The van der Waals surface area contributed by atoms with Gasteiger partial charge in [-0.2, -0.15) is 5.10 Å². The fraction of sp³-hybridized carbons (Fsp3) is 0.154. The van der Waals surface area contributed by atoms with Crippen molar-refractivity contribution in [1.29, 1.82) is 0 Å². The lowest BCUT2D eigenvalue weighted by molar-refractivity contribution is -0.136. The molecule has 3 aromatic carbocycles. The van der Waals surface area contributed by atoms with Crippen molar-refractivity contribution >= 4 is 74.4 Å². The molecule has 198 valence electrons. The number of hydrogen-bond acceptors (Lipinski definition) is 6. The highest BCUT2D eigenvalue weighted by Gasteiger charge is 2.16. The number of carbonyl (C=O) groups excluding carboxylic acids is 3. The molecule has 0 radical (unpaired) electrons. The van der Waals surface area contributed by atoms with Gasteiger partial charge in [0.25, 0.3) is 5.91 Å². The van der Waals surface area contributed by atoms with E-state index < -0.39 is 17.7 Å². The van der Waals surface area contributed by atoms with Crippen LogP contribution in [-0.4, -0.2) is 37.7 Å². The van der Waals surface area contributed by atoms with Crippen molar-refractivity contribution in [1.82, 2.24) is 5.43 Å². The molecule has 0 aliphatic heterocycles. The molecule has 0 unspecified atom stereocenters. The quantitative estimate of drug-likeness (QED) is 0.175. The number of rotatable bonds is 8. The van der Waals surface area contributed by atoms with E-state index in [0.29, 0.717) is 32.2 Å². The first-order chi connectivity index (χ1) is 18.1. The summed E-state index contributed by atoms with van der Waals surface area (Å²) in [6.07, 6.45) is 1.33. The summed E-state index contributed by atoms with van der Waals surface area (Å²) in [4.78, 5) is 36.8. The first kappa shape index (κ1) is 29.0. The van der Waals surface area contributed by atoms with Crippen LogP contribution in [0, 0.1) is 13.8 Å². The second-order valence-corrected chi connectivity index (χ2v) is 9.53. The number of hydrazone groups is 1. The van der Waals surface area contributed by atoms with Gasteiger partial charge in [-0.3, -0.25) is 14.4 Å². The lowest BCUT2D eigenvalue weighted by Gasteiger charge is -2.14. The maximum Gasteiger partial charge on any atom is 0.329 e. The number of carbonyl (C=O) groups is 3. The number of nitrogens with one attached hydrogen (secondary N) is 3. The highest BCUT2D eigenvalue weighted by Crippen LogP contribution is 2.36. The molecule has 0 spiro atoms. The Morgan fingerprint density at radius 2 is 1.68 bits per heavy atom. The summed E-state index contributed by atoms with van der Waals surface area (Å²) in [6, 6.07) is 13.6. The van der Waals surface area contributed by atoms with Crippen molar-refractivity contribution in [2.45, 2.75) is 13.8 Å². The highest BCUT2D eigenvalue weighted by atomic mass is 79.9. The van der Waals surface area contributed by atoms with Gasteiger partial charge in [-0.25, -0.2) is 5.43 Å². The van der Waals surface area contributed by atoms with Crippen LogP contribution >= 0.6 is 39.1 Å². The summed E-state index contributed by atoms with van der Waals surface area (Å²) in [5.74, 6) is -1.67. The molecule has 0 bridgehead atoms. The molecule has 0 aliphatic rings. The number of aryl methyl sites for hydroxylation is 2. The van der Waals surface area contributed by atoms with E-state index in [9.17, 15) is 14.4 Å². The summed E-state index contributed by atoms with van der Waals surface area (Å²) >= 11 is 15.4. The SMILES string of the molecule is COc1cc(/C=N\NC(=O)C(=O)Nc2c(C)cccc2C)cc(Br)c1OCC(=O)Nc1cccc(Cl)c1Cl. The van der Waals surface area contributed by atoms with Crippen LogP contribution in [-0.2, 0) is 14.4 Å². The minimum absolute atomic E-state index is 0.222. The van der Waals surface area contributed by atoms with Gasteiger partial charge in [0, 0.05) is 5.69 Å². The van der Waals surface area contributed by atoms with Crippen molar-refractivity contribution in [2.75, 3.05) is 24.4 Å². The molecule has 12 heteroatoms. The standard InChI is InChI=1S/C26H23BrCl2N4O5/c1-14-6-4-7-15(2)23(14)32-25(35)26(36)33-30-12-16-10-17(27)24(20(11-16)37-3)38-13-21(34)31-19-9-5-8-18(28)22(19)29/h4-12H,13H2,1-3H3,(H,31,34)(H,32,35)(H,33,36)/b30-12-. The normalized spacial score (nSPS) is 10.7. The van der Waals surface area contributed by atoms with E-state index in [4.69, 9.17) is 32.7 Å². The smallest absolute Gasteiger partial charge is 0.329 e. The van der Waals surface area contributed by atoms with Crippen LogP contribution in [0.5, 0.6) is 11.5 Å². The zero-order valence-corrected chi connectivity index (χ0v) is 23.6. The molecule has 0 atom stereocenters. The van der Waals surface area contributed by atoms with Crippen LogP contribution in [0.1, 0.15) is 16.7 Å². The molecule has 3 amide bonds. The fourth-order valence-electron chi connectivity index (χ4n) is 3.28. The Morgan fingerprint density at radius 1 is 1.00 bits per heavy atom. The lowest BCUT2D eigenvalue weighted by atomic mass is 10.1. The summed E-state index contributed by atoms with van der Waals surface area (Å²) < 4.78 is 11.5. The zero-order chi connectivity index (χ0) is 27.8. The third-order valence-electron chi connectivity index (χ3n) is 5.13. The molecule has 0 fully saturated rings. The molecule has 0 heterocycles. The van der Waals surface area contributed by atoms with E-state index in [0.717, 1.165) is 11.1 Å². The van der Waals surface area contributed by atoms with Gasteiger partial charge in [-0.1, -0.05) is 47.5 Å². The predicted octanol–water partition coefficient (Wildman–Crippen LogP) is 5.49.